The number of hydrogen-bond acceptors (Lipinski definition) is 3. The molecule has 0 fully saturated rings. The maximum atomic E-state index is 10.3. The van der Waals surface area contributed by atoms with Crippen LogP contribution in [0.3, 0.4) is 0 Å². The maximum absolute atomic E-state index is 10.3. The minimum Gasteiger partial charge on any atom is -0.472 e. The highest BCUT2D eigenvalue weighted by molar-refractivity contribution is 5.74. The van der Waals surface area contributed by atoms with Crippen LogP contribution in [-0.2, 0) is 0 Å². The zero-order valence-electron chi connectivity index (χ0n) is 6.15. The van der Waals surface area contributed by atoms with Crippen molar-refractivity contribution in [2.24, 2.45) is 0 Å². The van der Waals surface area contributed by atoms with Crippen molar-refractivity contribution in [1.82, 2.24) is 10.2 Å². The Balaban J connectivity index is 2.41. The Kier molecular flexibility index (Phi) is 1.51. The van der Waals surface area contributed by atoms with Crippen molar-refractivity contribution in [2.45, 2.75) is 0 Å². The fourth-order valence-electron chi connectivity index (χ4n) is 0.955. The van der Waals surface area contributed by atoms with Gasteiger partial charge < -0.3 is 4.42 Å². The quantitative estimate of drug-likeness (QED) is 0.680. The van der Waals surface area contributed by atoms with Crippen LogP contribution in [0, 0.1) is 0 Å². The summed E-state index contributed by atoms with van der Waals surface area (Å²) in [6.45, 7) is 0. The van der Waals surface area contributed by atoms with Gasteiger partial charge in [0.1, 0.15) is 0 Å². The molecule has 0 unspecified atom stereocenters. The van der Waals surface area contributed by atoms with Crippen molar-refractivity contribution in [3.05, 3.63) is 30.4 Å². The van der Waals surface area contributed by atoms with Crippen molar-refractivity contribution in [3.8, 4) is 11.3 Å². The molecule has 0 aliphatic heterocycles. The molecule has 0 spiro atoms. The number of furan rings is 1. The SMILES string of the molecule is O=Cc1cc(-c2ccoc2)n[nH]1. The third-order valence-electron chi connectivity index (χ3n) is 1.54. The van der Waals surface area contributed by atoms with E-state index in [0.717, 1.165) is 11.8 Å². The number of aromatic amines is 1. The first-order chi connectivity index (χ1) is 5.90. The molecule has 2 aromatic heterocycles. The Labute approximate surface area is 68.2 Å². The maximum Gasteiger partial charge on any atom is 0.167 e. The molecule has 0 aliphatic carbocycles. The zero-order valence-corrected chi connectivity index (χ0v) is 6.15. The van der Waals surface area contributed by atoms with Crippen LogP contribution in [0.5, 0.6) is 0 Å². The minimum absolute atomic E-state index is 0.464. The van der Waals surface area contributed by atoms with Crippen LogP contribution in [0.1, 0.15) is 10.5 Å². The van der Waals surface area contributed by atoms with Gasteiger partial charge in [-0.05, 0) is 12.1 Å². The van der Waals surface area contributed by atoms with Crippen LogP contribution in [0.15, 0.2) is 29.1 Å². The van der Waals surface area contributed by atoms with E-state index in [0.29, 0.717) is 11.4 Å². The Morgan fingerprint density at radius 3 is 3.08 bits per heavy atom. The normalized spacial score (nSPS) is 10.0. The van der Waals surface area contributed by atoms with Crippen LogP contribution in [-0.4, -0.2) is 16.5 Å². The molecule has 2 aromatic rings. The van der Waals surface area contributed by atoms with E-state index in [2.05, 4.69) is 10.2 Å². The van der Waals surface area contributed by atoms with E-state index in [1.165, 1.54) is 0 Å². The molecule has 12 heavy (non-hydrogen) atoms. The topological polar surface area (TPSA) is 58.9 Å². The summed E-state index contributed by atoms with van der Waals surface area (Å²) < 4.78 is 4.87. The Hall–Kier alpha value is -1.84. The molecule has 0 bridgehead atoms. The van der Waals surface area contributed by atoms with Gasteiger partial charge >= 0.3 is 0 Å². The lowest BCUT2D eigenvalue weighted by atomic mass is 10.2. The Morgan fingerprint density at radius 2 is 2.50 bits per heavy atom. The van der Waals surface area contributed by atoms with Crippen molar-refractivity contribution in [3.63, 3.8) is 0 Å². The number of nitrogens with zero attached hydrogens (tertiary/aromatic N) is 1. The predicted octanol–water partition coefficient (Wildman–Crippen LogP) is 1.48. The Morgan fingerprint density at radius 1 is 1.58 bits per heavy atom. The molecule has 2 rings (SSSR count). The molecule has 4 heteroatoms. The molecular weight excluding hydrogens is 156 g/mol. The van der Waals surface area contributed by atoms with Gasteiger partial charge in [0.2, 0.25) is 0 Å². The molecule has 0 aromatic carbocycles. The monoisotopic (exact) mass is 162 g/mol. The van der Waals surface area contributed by atoms with Gasteiger partial charge in [0.25, 0.3) is 0 Å². The van der Waals surface area contributed by atoms with Crippen LogP contribution in [0.4, 0.5) is 0 Å². The summed E-state index contributed by atoms with van der Waals surface area (Å²) in [5.74, 6) is 0. The average Bonchev–Trinajstić information content (AvgIpc) is 2.75. The number of carbonyl (C=O) groups is 1. The average molecular weight is 162 g/mol. The number of nitrogens with one attached hydrogen (secondary N) is 1. The minimum atomic E-state index is 0.464. The number of carbonyl (C=O) groups excluding carboxylic acids is 1. The fourth-order valence-corrected chi connectivity index (χ4v) is 0.955. The molecule has 60 valence electrons. The number of rotatable bonds is 2. The van der Waals surface area contributed by atoms with Crippen LogP contribution in [0.2, 0.25) is 0 Å². The van der Waals surface area contributed by atoms with Gasteiger partial charge in [-0.25, -0.2) is 0 Å². The highest BCUT2D eigenvalue weighted by Crippen LogP contribution is 2.16. The smallest absolute Gasteiger partial charge is 0.167 e. The van der Waals surface area contributed by atoms with Gasteiger partial charge in [-0.3, -0.25) is 9.89 Å². The molecule has 1 N–H and O–H groups in total. The third-order valence-corrected chi connectivity index (χ3v) is 1.54. The van der Waals surface area contributed by atoms with Crippen LogP contribution < -0.4 is 0 Å². The van der Waals surface area contributed by atoms with E-state index >= 15 is 0 Å². The zero-order chi connectivity index (χ0) is 8.39. The lowest BCUT2D eigenvalue weighted by Crippen LogP contribution is -1.75. The molecule has 0 radical (unpaired) electrons. The van der Waals surface area contributed by atoms with Crippen LogP contribution >= 0.6 is 0 Å². The first kappa shape index (κ1) is 6.84. The van der Waals surface area contributed by atoms with E-state index < -0.39 is 0 Å². The van der Waals surface area contributed by atoms with E-state index in [-0.39, 0.29) is 0 Å². The fraction of sp³-hybridized carbons (Fsp3) is 0. The summed E-state index contributed by atoms with van der Waals surface area (Å²) in [6, 6.07) is 3.45. The summed E-state index contributed by atoms with van der Waals surface area (Å²) >= 11 is 0. The van der Waals surface area contributed by atoms with Crippen molar-refractivity contribution in [1.29, 1.82) is 0 Å². The summed E-state index contributed by atoms with van der Waals surface area (Å²) in [6.07, 6.45) is 3.85. The van der Waals surface area contributed by atoms with E-state index in [1.807, 2.05) is 0 Å². The van der Waals surface area contributed by atoms with Gasteiger partial charge in [0, 0.05) is 5.56 Å². The third kappa shape index (κ3) is 1.03. The van der Waals surface area contributed by atoms with E-state index in [1.54, 1.807) is 24.7 Å². The molecular formula is C8H6N2O2. The van der Waals surface area contributed by atoms with Crippen molar-refractivity contribution in [2.75, 3.05) is 0 Å². The summed E-state index contributed by atoms with van der Waals surface area (Å²) in [7, 11) is 0. The first-order valence-electron chi connectivity index (χ1n) is 3.43. The second-order valence-corrected chi connectivity index (χ2v) is 2.34. The second kappa shape index (κ2) is 2.65. The van der Waals surface area contributed by atoms with Gasteiger partial charge in [-0.1, -0.05) is 0 Å². The molecule has 4 nitrogen and oxygen atoms in total. The molecule has 0 saturated carbocycles. The number of hydrogen-bond donors (Lipinski definition) is 1. The Bertz CT molecular complexity index is 375. The molecule has 2 heterocycles. The summed E-state index contributed by atoms with van der Waals surface area (Å²) in [5.41, 5.74) is 2.04. The lowest BCUT2D eigenvalue weighted by molar-refractivity contribution is 0.111. The van der Waals surface area contributed by atoms with Crippen molar-refractivity contribution < 1.29 is 9.21 Å². The highest BCUT2D eigenvalue weighted by atomic mass is 16.3. The largest absolute Gasteiger partial charge is 0.472 e. The predicted molar refractivity (Wildman–Crippen MR) is 41.7 cm³/mol. The molecule has 0 amide bonds. The van der Waals surface area contributed by atoms with E-state index in [4.69, 9.17) is 4.42 Å². The number of aldehydes is 1. The molecule has 0 atom stereocenters. The highest BCUT2D eigenvalue weighted by Gasteiger charge is 2.03. The van der Waals surface area contributed by atoms with Gasteiger partial charge in [0.15, 0.2) is 6.29 Å². The lowest BCUT2D eigenvalue weighted by Gasteiger charge is -1.82. The van der Waals surface area contributed by atoms with Crippen LogP contribution in [0.25, 0.3) is 11.3 Å². The number of aromatic nitrogens is 2. The second-order valence-electron chi connectivity index (χ2n) is 2.34. The van der Waals surface area contributed by atoms with Crippen molar-refractivity contribution >= 4 is 6.29 Å². The van der Waals surface area contributed by atoms with Gasteiger partial charge in [-0.15, -0.1) is 0 Å². The molecule has 0 saturated heterocycles. The van der Waals surface area contributed by atoms with Gasteiger partial charge in [0.05, 0.1) is 23.9 Å². The number of H-pyrrole nitrogens is 1. The van der Waals surface area contributed by atoms with E-state index in [9.17, 15) is 4.79 Å². The summed E-state index contributed by atoms with van der Waals surface area (Å²) in [5, 5.41) is 6.50. The standard InChI is InChI=1S/C8H6N2O2/c11-4-7-3-8(10-9-7)6-1-2-12-5-6/h1-5H,(H,9,10). The summed E-state index contributed by atoms with van der Waals surface area (Å²) in [4.78, 5) is 10.3. The molecule has 0 aliphatic rings. The van der Waals surface area contributed by atoms with Gasteiger partial charge in [-0.2, -0.15) is 5.10 Å². The first-order valence-corrected chi connectivity index (χ1v) is 3.43.